The minimum absolute atomic E-state index is 0.0164. The molecule has 0 aliphatic carbocycles. The van der Waals surface area contributed by atoms with E-state index in [0.717, 1.165) is 19.3 Å². The van der Waals surface area contributed by atoms with E-state index in [1.54, 1.807) is 6.07 Å². The van der Waals surface area contributed by atoms with Gasteiger partial charge in [0, 0.05) is 12.1 Å². The lowest BCUT2D eigenvalue weighted by molar-refractivity contribution is 0.103. The predicted octanol–water partition coefficient (Wildman–Crippen LogP) is 1.66. The Hall–Kier alpha value is -1.26. The second kappa shape index (κ2) is 4.94. The highest BCUT2D eigenvalue weighted by Crippen LogP contribution is 2.31. The van der Waals surface area contributed by atoms with Gasteiger partial charge in [0.1, 0.15) is 0 Å². The van der Waals surface area contributed by atoms with Crippen LogP contribution in [-0.4, -0.2) is 27.4 Å². The number of hydrogen-bond acceptors (Lipinski definition) is 4. The van der Waals surface area contributed by atoms with Crippen molar-refractivity contribution in [2.75, 3.05) is 0 Å². The number of aromatic hydroxyl groups is 2. The van der Waals surface area contributed by atoms with Crippen LogP contribution in [0.25, 0.3) is 0 Å². The summed E-state index contributed by atoms with van der Waals surface area (Å²) in [5.74, 6) is -0.351. The third kappa shape index (κ3) is 2.70. The molecule has 2 rings (SSSR count). The second-order valence-electron chi connectivity index (χ2n) is 4.80. The average Bonchev–Trinajstić information content (AvgIpc) is 2.32. The van der Waals surface area contributed by atoms with Gasteiger partial charge in [-0.2, -0.15) is 0 Å². The maximum atomic E-state index is 10.2. The Morgan fingerprint density at radius 1 is 1.24 bits per heavy atom. The van der Waals surface area contributed by atoms with Crippen molar-refractivity contribution >= 4 is 0 Å². The molecule has 1 fully saturated rings. The van der Waals surface area contributed by atoms with Gasteiger partial charge in [-0.1, -0.05) is 12.5 Å². The van der Waals surface area contributed by atoms with Crippen LogP contribution in [0.5, 0.6) is 11.5 Å². The van der Waals surface area contributed by atoms with Crippen molar-refractivity contribution in [2.45, 2.75) is 44.4 Å². The minimum atomic E-state index is -0.649. The summed E-state index contributed by atoms with van der Waals surface area (Å²) in [7, 11) is 0. The monoisotopic (exact) mass is 237 g/mol. The number of phenolic OH excluding ortho intramolecular Hbond substituents is 2. The van der Waals surface area contributed by atoms with Crippen molar-refractivity contribution in [3.63, 3.8) is 0 Å². The largest absolute Gasteiger partial charge is 0.504 e. The van der Waals surface area contributed by atoms with E-state index in [-0.39, 0.29) is 17.5 Å². The van der Waals surface area contributed by atoms with E-state index in [1.165, 1.54) is 12.1 Å². The van der Waals surface area contributed by atoms with Crippen LogP contribution in [0.3, 0.4) is 0 Å². The van der Waals surface area contributed by atoms with Crippen molar-refractivity contribution in [2.24, 2.45) is 0 Å². The zero-order chi connectivity index (χ0) is 12.4. The zero-order valence-corrected chi connectivity index (χ0v) is 9.93. The van der Waals surface area contributed by atoms with E-state index in [4.69, 9.17) is 0 Å². The Bertz CT molecular complexity index is 394. The molecule has 94 valence electrons. The van der Waals surface area contributed by atoms with Gasteiger partial charge in [0.2, 0.25) is 0 Å². The number of benzene rings is 1. The molecule has 3 unspecified atom stereocenters. The Morgan fingerprint density at radius 3 is 2.65 bits per heavy atom. The van der Waals surface area contributed by atoms with Crippen LogP contribution >= 0.6 is 0 Å². The Kier molecular flexibility index (Phi) is 3.54. The third-order valence-electron chi connectivity index (χ3n) is 3.37. The van der Waals surface area contributed by atoms with Gasteiger partial charge in [0.15, 0.2) is 11.5 Å². The average molecular weight is 237 g/mol. The van der Waals surface area contributed by atoms with Crippen LogP contribution in [0.4, 0.5) is 0 Å². The smallest absolute Gasteiger partial charge is 0.157 e. The number of phenols is 2. The van der Waals surface area contributed by atoms with E-state index >= 15 is 0 Å². The quantitative estimate of drug-likeness (QED) is 0.590. The number of hydrogen-bond donors (Lipinski definition) is 4. The Balaban J connectivity index is 2.12. The van der Waals surface area contributed by atoms with Crippen LogP contribution < -0.4 is 5.32 Å². The highest BCUT2D eigenvalue weighted by Gasteiger charge is 2.25. The van der Waals surface area contributed by atoms with E-state index in [9.17, 15) is 15.3 Å². The molecule has 1 saturated heterocycles. The van der Waals surface area contributed by atoms with Crippen LogP contribution in [0, 0.1) is 0 Å². The molecule has 17 heavy (non-hydrogen) atoms. The number of aliphatic hydroxyl groups is 1. The molecule has 0 aromatic heterocycles. The normalized spacial score (nSPS) is 26.7. The van der Waals surface area contributed by atoms with Crippen LogP contribution in [-0.2, 0) is 0 Å². The van der Waals surface area contributed by atoms with Gasteiger partial charge in [0.05, 0.1) is 6.10 Å². The molecule has 1 aromatic rings. The van der Waals surface area contributed by atoms with Gasteiger partial charge in [-0.15, -0.1) is 0 Å². The molecule has 4 N–H and O–H groups in total. The first kappa shape index (κ1) is 12.2. The Morgan fingerprint density at radius 2 is 2.00 bits per heavy atom. The molecular formula is C13H19NO3. The lowest BCUT2D eigenvalue weighted by Gasteiger charge is -2.32. The van der Waals surface area contributed by atoms with Crippen molar-refractivity contribution < 1.29 is 15.3 Å². The maximum absolute atomic E-state index is 10.2. The molecule has 1 aliphatic rings. The fourth-order valence-corrected chi connectivity index (χ4v) is 2.38. The number of rotatable bonds is 2. The maximum Gasteiger partial charge on any atom is 0.157 e. The first-order chi connectivity index (χ1) is 8.08. The molecule has 1 aliphatic heterocycles. The summed E-state index contributed by atoms with van der Waals surface area (Å²) < 4.78 is 0. The molecule has 4 heteroatoms. The van der Waals surface area contributed by atoms with E-state index in [0.29, 0.717) is 11.6 Å². The molecule has 1 heterocycles. The molecule has 1 aromatic carbocycles. The van der Waals surface area contributed by atoms with Gasteiger partial charge in [-0.3, -0.25) is 0 Å². The van der Waals surface area contributed by atoms with Crippen molar-refractivity contribution in [3.8, 4) is 11.5 Å². The number of nitrogens with one attached hydrogen (secondary N) is 1. The van der Waals surface area contributed by atoms with Crippen molar-refractivity contribution in [1.82, 2.24) is 5.32 Å². The van der Waals surface area contributed by atoms with Gasteiger partial charge < -0.3 is 20.6 Å². The zero-order valence-electron chi connectivity index (χ0n) is 9.93. The molecule has 0 amide bonds. The topological polar surface area (TPSA) is 72.7 Å². The van der Waals surface area contributed by atoms with Crippen LogP contribution in [0.2, 0.25) is 0 Å². The summed E-state index contributed by atoms with van der Waals surface area (Å²) in [6, 6.07) is 4.89. The molecule has 0 spiro atoms. The van der Waals surface area contributed by atoms with Gasteiger partial charge in [-0.05, 0) is 37.5 Å². The summed E-state index contributed by atoms with van der Waals surface area (Å²) >= 11 is 0. The molecule has 3 atom stereocenters. The molecule has 0 saturated carbocycles. The van der Waals surface area contributed by atoms with Crippen LogP contribution in [0.15, 0.2) is 18.2 Å². The van der Waals surface area contributed by atoms with Gasteiger partial charge in [-0.25, -0.2) is 0 Å². The first-order valence-electron chi connectivity index (χ1n) is 6.04. The molecule has 0 bridgehead atoms. The third-order valence-corrected chi connectivity index (χ3v) is 3.37. The van der Waals surface area contributed by atoms with E-state index in [1.807, 2.05) is 0 Å². The summed E-state index contributed by atoms with van der Waals surface area (Å²) in [5, 5.41) is 32.2. The Labute approximate surface area is 101 Å². The van der Waals surface area contributed by atoms with E-state index < -0.39 is 6.10 Å². The lowest BCUT2D eigenvalue weighted by atomic mass is 9.92. The SMILES string of the molecule is CC1CCCC(C(O)c2ccc(O)c(O)c2)N1. The lowest BCUT2D eigenvalue weighted by Crippen LogP contribution is -2.44. The minimum Gasteiger partial charge on any atom is -0.504 e. The number of piperidine rings is 1. The molecular weight excluding hydrogens is 218 g/mol. The van der Waals surface area contributed by atoms with Crippen molar-refractivity contribution in [1.29, 1.82) is 0 Å². The number of aliphatic hydroxyl groups excluding tert-OH is 1. The van der Waals surface area contributed by atoms with Gasteiger partial charge >= 0.3 is 0 Å². The molecule has 4 nitrogen and oxygen atoms in total. The second-order valence-corrected chi connectivity index (χ2v) is 4.80. The summed E-state index contributed by atoms with van der Waals surface area (Å²) in [5.41, 5.74) is 0.631. The standard InChI is InChI=1S/C13H19NO3/c1-8-3-2-4-10(14-8)13(17)9-5-6-11(15)12(16)7-9/h5-8,10,13-17H,2-4H2,1H3. The fourth-order valence-electron chi connectivity index (χ4n) is 2.38. The summed E-state index contributed by atoms with van der Waals surface area (Å²) in [4.78, 5) is 0. The van der Waals surface area contributed by atoms with Crippen molar-refractivity contribution in [3.05, 3.63) is 23.8 Å². The summed E-state index contributed by atoms with van der Waals surface area (Å²) in [6.07, 6.45) is 2.50. The first-order valence-corrected chi connectivity index (χ1v) is 6.04. The van der Waals surface area contributed by atoms with Crippen LogP contribution in [0.1, 0.15) is 37.9 Å². The highest BCUT2D eigenvalue weighted by molar-refractivity contribution is 5.41. The fraction of sp³-hybridized carbons (Fsp3) is 0.538. The summed E-state index contributed by atoms with van der Waals surface area (Å²) in [6.45, 7) is 2.10. The van der Waals surface area contributed by atoms with E-state index in [2.05, 4.69) is 12.2 Å². The van der Waals surface area contributed by atoms with Gasteiger partial charge in [0.25, 0.3) is 0 Å². The highest BCUT2D eigenvalue weighted by atomic mass is 16.3. The predicted molar refractivity (Wildman–Crippen MR) is 65.0 cm³/mol. The molecule has 0 radical (unpaired) electrons.